The van der Waals surface area contributed by atoms with Crippen LogP contribution in [0.5, 0.6) is 0 Å². The smallest absolute Gasteiger partial charge is 0.326 e. The van der Waals surface area contributed by atoms with E-state index in [1.807, 2.05) is 12.1 Å². The molecule has 186 valence electrons. The van der Waals surface area contributed by atoms with Gasteiger partial charge in [0.1, 0.15) is 5.82 Å². The van der Waals surface area contributed by atoms with Crippen LogP contribution in [-0.4, -0.2) is 33.6 Å². The summed E-state index contributed by atoms with van der Waals surface area (Å²) in [4.78, 5) is 19.1. The maximum atomic E-state index is 14.1. The Morgan fingerprint density at radius 1 is 1.19 bits per heavy atom. The maximum absolute atomic E-state index is 14.1. The van der Waals surface area contributed by atoms with Crippen molar-refractivity contribution in [3.05, 3.63) is 106 Å². The van der Waals surface area contributed by atoms with E-state index in [0.29, 0.717) is 53.3 Å². The third-order valence-electron chi connectivity index (χ3n) is 6.42. The standard InChI is InChI=1S/C28H22ClF2N5O/c29-21-5-4-20(24(30)14-21)2-1-10-35-11-8-25-23(17-35)22-6-3-18(15-32)12-26(22)36(25)28(37)34-16-19-7-9-33-27(31)13-19/h1-7,9,12-14H,8,10-11,16-17H2,(H,34,37)/b2-1+. The molecule has 0 unspecified atom stereocenters. The SMILES string of the molecule is N#Cc1ccc2c3c(n(C(=O)NCc4ccnc(F)c4)c2c1)CCN(C/C=C/c1ccc(Cl)cc1F)C3. The van der Waals surface area contributed by atoms with Gasteiger partial charge in [0.25, 0.3) is 0 Å². The second-order valence-corrected chi connectivity index (χ2v) is 9.24. The zero-order valence-electron chi connectivity index (χ0n) is 19.7. The summed E-state index contributed by atoms with van der Waals surface area (Å²) >= 11 is 5.83. The first-order chi connectivity index (χ1) is 17.9. The number of hydrogen-bond acceptors (Lipinski definition) is 4. The van der Waals surface area contributed by atoms with E-state index in [9.17, 15) is 18.8 Å². The van der Waals surface area contributed by atoms with Crippen LogP contribution in [0.2, 0.25) is 5.02 Å². The molecule has 3 heterocycles. The number of aromatic nitrogens is 2. The van der Waals surface area contributed by atoms with Crippen molar-refractivity contribution < 1.29 is 13.6 Å². The van der Waals surface area contributed by atoms with Gasteiger partial charge in [-0.2, -0.15) is 9.65 Å². The molecule has 0 atom stereocenters. The summed E-state index contributed by atoms with van der Waals surface area (Å²) in [7, 11) is 0. The van der Waals surface area contributed by atoms with Crippen molar-refractivity contribution in [2.24, 2.45) is 0 Å². The van der Waals surface area contributed by atoms with E-state index >= 15 is 0 Å². The number of hydrogen-bond donors (Lipinski definition) is 1. The highest BCUT2D eigenvalue weighted by Crippen LogP contribution is 2.31. The van der Waals surface area contributed by atoms with Crippen LogP contribution in [0.1, 0.15) is 27.9 Å². The molecule has 1 amide bonds. The van der Waals surface area contributed by atoms with E-state index in [0.717, 1.165) is 16.6 Å². The number of fused-ring (bicyclic) bond motifs is 3. The minimum Gasteiger partial charge on any atom is -0.333 e. The Labute approximate surface area is 217 Å². The molecule has 37 heavy (non-hydrogen) atoms. The number of halogens is 3. The summed E-state index contributed by atoms with van der Waals surface area (Å²) in [5.41, 5.74) is 4.07. The molecule has 9 heteroatoms. The lowest BCUT2D eigenvalue weighted by atomic mass is 10.0. The average Bonchev–Trinajstić information content (AvgIpc) is 3.21. The summed E-state index contributed by atoms with van der Waals surface area (Å²) in [5, 5.41) is 13.5. The second kappa shape index (κ2) is 10.5. The predicted octanol–water partition coefficient (Wildman–Crippen LogP) is 5.67. The van der Waals surface area contributed by atoms with Gasteiger partial charge in [0.2, 0.25) is 5.95 Å². The van der Waals surface area contributed by atoms with Gasteiger partial charge in [-0.15, -0.1) is 0 Å². The van der Waals surface area contributed by atoms with Gasteiger partial charge >= 0.3 is 6.03 Å². The first-order valence-corrected chi connectivity index (χ1v) is 12.1. The first kappa shape index (κ1) is 24.6. The molecule has 0 spiro atoms. The molecule has 0 bridgehead atoms. The maximum Gasteiger partial charge on any atom is 0.326 e. The molecule has 1 N–H and O–H groups in total. The number of nitriles is 1. The largest absolute Gasteiger partial charge is 0.333 e. The van der Waals surface area contributed by atoms with Crippen molar-refractivity contribution in [2.75, 3.05) is 13.1 Å². The molecule has 6 nitrogen and oxygen atoms in total. The molecule has 2 aromatic heterocycles. The van der Waals surface area contributed by atoms with E-state index in [1.165, 1.54) is 18.3 Å². The molecule has 0 aliphatic carbocycles. The number of pyridine rings is 1. The van der Waals surface area contributed by atoms with Gasteiger partial charge in [-0.25, -0.2) is 14.2 Å². The van der Waals surface area contributed by atoms with Gasteiger partial charge in [0.15, 0.2) is 0 Å². The molecule has 0 saturated carbocycles. The quantitative estimate of drug-likeness (QED) is 0.346. The van der Waals surface area contributed by atoms with Crippen LogP contribution in [0.15, 0.2) is 60.8 Å². The molecule has 0 saturated heterocycles. The highest BCUT2D eigenvalue weighted by Gasteiger charge is 2.26. The number of carbonyl (C=O) groups is 1. The van der Waals surface area contributed by atoms with Gasteiger partial charge in [0, 0.05) is 60.5 Å². The van der Waals surface area contributed by atoms with Crippen LogP contribution in [0.4, 0.5) is 13.6 Å². The topological polar surface area (TPSA) is 74.0 Å². The summed E-state index contributed by atoms with van der Waals surface area (Å²) in [6.45, 7) is 2.04. The van der Waals surface area contributed by atoms with E-state index < -0.39 is 5.95 Å². The van der Waals surface area contributed by atoms with E-state index in [1.54, 1.807) is 41.0 Å². The highest BCUT2D eigenvalue weighted by molar-refractivity contribution is 6.30. The summed E-state index contributed by atoms with van der Waals surface area (Å²) in [5.74, 6) is -0.983. The van der Waals surface area contributed by atoms with Crippen LogP contribution in [0, 0.1) is 23.1 Å². The fourth-order valence-corrected chi connectivity index (χ4v) is 4.80. The molecule has 0 fully saturated rings. The normalized spacial score (nSPS) is 13.6. The van der Waals surface area contributed by atoms with Crippen LogP contribution < -0.4 is 5.32 Å². The van der Waals surface area contributed by atoms with E-state index in [2.05, 4.69) is 21.3 Å². The van der Waals surface area contributed by atoms with Crippen molar-refractivity contribution in [3.8, 4) is 6.07 Å². The molecule has 1 aliphatic heterocycles. The Kier molecular flexibility index (Phi) is 6.99. The van der Waals surface area contributed by atoms with Crippen molar-refractivity contribution in [3.63, 3.8) is 0 Å². The lowest BCUT2D eigenvalue weighted by Crippen LogP contribution is -2.34. The van der Waals surface area contributed by atoms with Gasteiger partial charge in [-0.05, 0) is 47.5 Å². The second-order valence-electron chi connectivity index (χ2n) is 8.80. The van der Waals surface area contributed by atoms with Crippen molar-refractivity contribution in [1.29, 1.82) is 5.26 Å². The van der Waals surface area contributed by atoms with Crippen molar-refractivity contribution >= 4 is 34.6 Å². The Morgan fingerprint density at radius 2 is 2.05 bits per heavy atom. The van der Waals surface area contributed by atoms with Crippen LogP contribution in [-0.2, 0) is 19.5 Å². The lowest BCUT2D eigenvalue weighted by molar-refractivity contribution is 0.240. The van der Waals surface area contributed by atoms with Crippen LogP contribution in [0.3, 0.4) is 0 Å². The molecule has 5 rings (SSSR count). The molecule has 2 aromatic carbocycles. The Bertz CT molecular complexity index is 1570. The molecule has 0 radical (unpaired) electrons. The molecule has 1 aliphatic rings. The Balaban J connectivity index is 1.39. The van der Waals surface area contributed by atoms with E-state index in [-0.39, 0.29) is 18.4 Å². The number of carbonyl (C=O) groups excluding carboxylic acids is 1. The third kappa shape index (κ3) is 5.24. The Hall–Kier alpha value is -4.06. The number of rotatable bonds is 5. The number of amides is 1. The van der Waals surface area contributed by atoms with E-state index in [4.69, 9.17) is 11.6 Å². The van der Waals surface area contributed by atoms with Crippen LogP contribution >= 0.6 is 11.6 Å². The first-order valence-electron chi connectivity index (χ1n) is 11.7. The zero-order valence-corrected chi connectivity index (χ0v) is 20.5. The van der Waals surface area contributed by atoms with Crippen LogP contribution in [0.25, 0.3) is 17.0 Å². The average molecular weight is 518 g/mol. The van der Waals surface area contributed by atoms with Gasteiger partial charge in [-0.1, -0.05) is 35.9 Å². The minimum absolute atomic E-state index is 0.142. The van der Waals surface area contributed by atoms with Gasteiger partial charge < -0.3 is 5.32 Å². The number of nitrogens with one attached hydrogen (secondary N) is 1. The summed E-state index contributed by atoms with van der Waals surface area (Å²) < 4.78 is 29.2. The fraction of sp³-hybridized carbons (Fsp3) is 0.179. The summed E-state index contributed by atoms with van der Waals surface area (Å²) in [6.07, 6.45) is 5.61. The fourth-order valence-electron chi connectivity index (χ4n) is 4.65. The highest BCUT2D eigenvalue weighted by atomic mass is 35.5. The monoisotopic (exact) mass is 517 g/mol. The Morgan fingerprint density at radius 3 is 2.84 bits per heavy atom. The van der Waals surface area contributed by atoms with Crippen molar-refractivity contribution in [2.45, 2.75) is 19.5 Å². The number of nitrogens with zero attached hydrogens (tertiary/aromatic N) is 4. The molecular weight excluding hydrogens is 496 g/mol. The van der Waals surface area contributed by atoms with Crippen molar-refractivity contribution in [1.82, 2.24) is 19.8 Å². The van der Waals surface area contributed by atoms with Gasteiger partial charge in [-0.3, -0.25) is 9.47 Å². The molecular formula is C28H22ClF2N5O. The lowest BCUT2D eigenvalue weighted by Gasteiger charge is -2.27. The van der Waals surface area contributed by atoms with Gasteiger partial charge in [0.05, 0.1) is 17.1 Å². The third-order valence-corrected chi connectivity index (χ3v) is 6.65. The zero-order chi connectivity index (χ0) is 25.9. The molecule has 4 aromatic rings. The predicted molar refractivity (Wildman–Crippen MR) is 138 cm³/mol. The minimum atomic E-state index is -0.609. The summed E-state index contributed by atoms with van der Waals surface area (Å²) in [6, 6.07) is 14.6. The number of benzene rings is 2.